The van der Waals surface area contributed by atoms with Gasteiger partial charge < -0.3 is 10.2 Å². The number of thiophene rings is 1. The van der Waals surface area contributed by atoms with Crippen molar-refractivity contribution in [3.63, 3.8) is 0 Å². The highest BCUT2D eigenvalue weighted by Crippen LogP contribution is 2.36. The average Bonchev–Trinajstić information content (AvgIpc) is 3.46. The SMILES string of the molecule is CCNC(=O)C1(Cc2ccc(-c3cccs3)cc2)CCN(C(=O)c2ccccn2)C1. The quantitative estimate of drug-likeness (QED) is 0.656. The molecule has 2 aromatic heterocycles. The maximum absolute atomic E-state index is 13.1. The number of hydrogen-bond acceptors (Lipinski definition) is 4. The number of nitrogens with one attached hydrogen (secondary N) is 1. The molecule has 1 aromatic carbocycles. The highest BCUT2D eigenvalue weighted by molar-refractivity contribution is 7.13. The molecule has 3 aromatic rings. The van der Waals surface area contributed by atoms with Crippen molar-refractivity contribution in [2.45, 2.75) is 19.8 Å². The Balaban J connectivity index is 1.55. The van der Waals surface area contributed by atoms with Crippen LogP contribution in [0.15, 0.2) is 66.2 Å². The molecule has 1 fully saturated rings. The van der Waals surface area contributed by atoms with Crippen LogP contribution in [0.3, 0.4) is 0 Å². The lowest BCUT2D eigenvalue weighted by Crippen LogP contribution is -2.45. The van der Waals surface area contributed by atoms with Crippen LogP contribution in [0.5, 0.6) is 0 Å². The van der Waals surface area contributed by atoms with Crippen molar-refractivity contribution in [1.82, 2.24) is 15.2 Å². The molecule has 1 atom stereocenters. The summed E-state index contributed by atoms with van der Waals surface area (Å²) in [5.41, 5.74) is 2.09. The Morgan fingerprint density at radius 2 is 1.97 bits per heavy atom. The van der Waals surface area contributed by atoms with Gasteiger partial charge in [0.05, 0.1) is 5.41 Å². The smallest absolute Gasteiger partial charge is 0.272 e. The standard InChI is InChI=1S/C24H25N3O2S/c1-2-25-23(29)24(12-14-27(17-24)22(28)20-6-3-4-13-26-20)16-18-8-10-19(11-9-18)21-7-5-15-30-21/h3-11,13,15H,2,12,14,16-17H2,1H3,(H,25,29). The first-order valence-corrected chi connectivity index (χ1v) is 11.1. The summed E-state index contributed by atoms with van der Waals surface area (Å²) < 4.78 is 0. The maximum atomic E-state index is 13.1. The van der Waals surface area contributed by atoms with Crippen LogP contribution in [-0.4, -0.2) is 41.3 Å². The highest BCUT2D eigenvalue weighted by atomic mass is 32.1. The van der Waals surface area contributed by atoms with Crippen LogP contribution < -0.4 is 5.32 Å². The number of carbonyl (C=O) groups is 2. The molecule has 5 nitrogen and oxygen atoms in total. The minimum absolute atomic E-state index is 0.0173. The van der Waals surface area contributed by atoms with Gasteiger partial charge in [-0.05, 0) is 54.5 Å². The van der Waals surface area contributed by atoms with Gasteiger partial charge in [-0.3, -0.25) is 14.6 Å². The molecule has 1 N–H and O–H groups in total. The predicted octanol–water partition coefficient (Wildman–Crippen LogP) is 4.02. The lowest BCUT2D eigenvalue weighted by Gasteiger charge is -2.28. The Hall–Kier alpha value is -2.99. The summed E-state index contributed by atoms with van der Waals surface area (Å²) in [6, 6.07) is 17.9. The Kier molecular flexibility index (Phi) is 5.95. The molecule has 1 aliphatic rings. The third kappa shape index (κ3) is 4.14. The first-order chi connectivity index (χ1) is 14.6. The van der Waals surface area contributed by atoms with Gasteiger partial charge in [0.25, 0.3) is 5.91 Å². The Labute approximate surface area is 180 Å². The molecular weight excluding hydrogens is 394 g/mol. The third-order valence-electron chi connectivity index (χ3n) is 5.65. The number of pyridine rings is 1. The first-order valence-electron chi connectivity index (χ1n) is 10.2. The van der Waals surface area contributed by atoms with Gasteiger partial charge in [0.15, 0.2) is 0 Å². The molecule has 0 saturated carbocycles. The van der Waals surface area contributed by atoms with Crippen molar-refractivity contribution in [2.75, 3.05) is 19.6 Å². The monoisotopic (exact) mass is 419 g/mol. The molecule has 0 aliphatic carbocycles. The van der Waals surface area contributed by atoms with Crippen molar-refractivity contribution < 1.29 is 9.59 Å². The predicted molar refractivity (Wildman–Crippen MR) is 119 cm³/mol. The molecule has 154 valence electrons. The van der Waals surface area contributed by atoms with Crippen LogP contribution >= 0.6 is 11.3 Å². The molecule has 1 aliphatic heterocycles. The molecule has 2 amide bonds. The molecule has 1 saturated heterocycles. The van der Waals surface area contributed by atoms with Crippen molar-refractivity contribution in [3.8, 4) is 10.4 Å². The van der Waals surface area contributed by atoms with Crippen molar-refractivity contribution in [2.24, 2.45) is 5.41 Å². The third-order valence-corrected chi connectivity index (χ3v) is 6.57. The van der Waals surface area contributed by atoms with E-state index in [1.54, 1.807) is 34.6 Å². The Bertz CT molecular complexity index is 1000. The Morgan fingerprint density at radius 1 is 1.13 bits per heavy atom. The second-order valence-electron chi connectivity index (χ2n) is 7.68. The van der Waals surface area contributed by atoms with E-state index in [4.69, 9.17) is 0 Å². The van der Waals surface area contributed by atoms with E-state index in [1.807, 2.05) is 19.1 Å². The molecule has 30 heavy (non-hydrogen) atoms. The molecule has 6 heteroatoms. The molecule has 0 bridgehead atoms. The van der Waals surface area contributed by atoms with Crippen LogP contribution in [0.2, 0.25) is 0 Å². The van der Waals surface area contributed by atoms with Crippen LogP contribution in [0.25, 0.3) is 10.4 Å². The largest absolute Gasteiger partial charge is 0.356 e. The van der Waals surface area contributed by atoms with E-state index in [0.717, 1.165) is 5.56 Å². The van der Waals surface area contributed by atoms with E-state index in [2.05, 4.69) is 46.0 Å². The fraction of sp³-hybridized carbons (Fsp3) is 0.292. The normalized spacial score (nSPS) is 18.4. The van der Waals surface area contributed by atoms with Crippen LogP contribution in [0.1, 0.15) is 29.4 Å². The fourth-order valence-electron chi connectivity index (χ4n) is 4.08. The zero-order valence-corrected chi connectivity index (χ0v) is 17.8. The summed E-state index contributed by atoms with van der Waals surface area (Å²) in [6.07, 6.45) is 2.87. The zero-order chi connectivity index (χ0) is 21.0. The van der Waals surface area contributed by atoms with Gasteiger partial charge >= 0.3 is 0 Å². The first kappa shape index (κ1) is 20.3. The molecule has 0 radical (unpaired) electrons. The average molecular weight is 420 g/mol. The number of rotatable bonds is 6. The lowest BCUT2D eigenvalue weighted by molar-refractivity contribution is -0.130. The number of hydrogen-bond donors (Lipinski definition) is 1. The van der Waals surface area contributed by atoms with Crippen LogP contribution in [0.4, 0.5) is 0 Å². The molecule has 1 unspecified atom stereocenters. The fourth-order valence-corrected chi connectivity index (χ4v) is 4.81. The van der Waals surface area contributed by atoms with Gasteiger partial charge in [-0.15, -0.1) is 11.3 Å². The van der Waals surface area contributed by atoms with E-state index in [1.165, 1.54) is 10.4 Å². The van der Waals surface area contributed by atoms with Crippen molar-refractivity contribution >= 4 is 23.2 Å². The summed E-state index contributed by atoms with van der Waals surface area (Å²) in [7, 11) is 0. The number of amides is 2. The topological polar surface area (TPSA) is 62.3 Å². The van der Waals surface area contributed by atoms with Crippen molar-refractivity contribution in [1.29, 1.82) is 0 Å². The number of aromatic nitrogens is 1. The van der Waals surface area contributed by atoms with Gasteiger partial charge in [-0.1, -0.05) is 36.4 Å². The molecular formula is C24H25N3O2S. The summed E-state index contributed by atoms with van der Waals surface area (Å²) in [4.78, 5) is 33.1. The van der Waals surface area contributed by atoms with Crippen LogP contribution in [-0.2, 0) is 11.2 Å². The highest BCUT2D eigenvalue weighted by Gasteiger charge is 2.46. The summed E-state index contributed by atoms with van der Waals surface area (Å²) in [6.45, 7) is 3.46. The summed E-state index contributed by atoms with van der Waals surface area (Å²) in [5.74, 6) is -0.0986. The molecule has 3 heterocycles. The second-order valence-corrected chi connectivity index (χ2v) is 8.63. The molecule has 4 rings (SSSR count). The zero-order valence-electron chi connectivity index (χ0n) is 17.0. The van der Waals surface area contributed by atoms with E-state index in [0.29, 0.717) is 38.2 Å². The summed E-state index contributed by atoms with van der Waals surface area (Å²) in [5, 5.41) is 5.06. The van der Waals surface area contributed by atoms with Crippen LogP contribution in [0, 0.1) is 5.41 Å². The van der Waals surface area contributed by atoms with Gasteiger partial charge in [0, 0.05) is 30.7 Å². The second kappa shape index (κ2) is 8.79. The molecule has 0 spiro atoms. The number of carbonyl (C=O) groups excluding carboxylic acids is 2. The van der Waals surface area contributed by atoms with E-state index < -0.39 is 5.41 Å². The minimum atomic E-state index is -0.620. The summed E-state index contributed by atoms with van der Waals surface area (Å²) >= 11 is 1.71. The Morgan fingerprint density at radius 3 is 2.63 bits per heavy atom. The minimum Gasteiger partial charge on any atom is -0.356 e. The van der Waals surface area contributed by atoms with Gasteiger partial charge in [-0.25, -0.2) is 0 Å². The lowest BCUT2D eigenvalue weighted by atomic mass is 9.79. The van der Waals surface area contributed by atoms with Crippen molar-refractivity contribution in [3.05, 3.63) is 77.4 Å². The van der Waals surface area contributed by atoms with E-state index in [-0.39, 0.29) is 11.8 Å². The maximum Gasteiger partial charge on any atom is 0.272 e. The van der Waals surface area contributed by atoms with Gasteiger partial charge in [-0.2, -0.15) is 0 Å². The van der Waals surface area contributed by atoms with Gasteiger partial charge in [0.2, 0.25) is 5.91 Å². The number of likely N-dealkylation sites (tertiary alicyclic amines) is 1. The van der Waals surface area contributed by atoms with E-state index >= 15 is 0 Å². The van der Waals surface area contributed by atoms with Gasteiger partial charge in [0.1, 0.15) is 5.69 Å². The number of benzene rings is 1. The van der Waals surface area contributed by atoms with E-state index in [9.17, 15) is 9.59 Å². The number of nitrogens with zero attached hydrogens (tertiary/aromatic N) is 2.